The quantitative estimate of drug-likeness (QED) is 0.847. The summed E-state index contributed by atoms with van der Waals surface area (Å²) >= 11 is 9.43. The van der Waals surface area contributed by atoms with Gasteiger partial charge in [0.15, 0.2) is 11.6 Å². The van der Waals surface area contributed by atoms with E-state index in [9.17, 15) is 4.39 Å². The van der Waals surface area contributed by atoms with E-state index in [0.717, 1.165) is 15.6 Å². The molecule has 2 aromatic carbocycles. The van der Waals surface area contributed by atoms with Gasteiger partial charge in [0, 0.05) is 21.6 Å². The summed E-state index contributed by atoms with van der Waals surface area (Å²) in [5.74, 6) is -0.144. The smallest absolute Gasteiger partial charge is 0.165 e. The topological polar surface area (TPSA) is 21.3 Å². The molecule has 0 aliphatic carbocycles. The minimum Gasteiger partial charge on any atom is -0.486 e. The monoisotopic (exact) mass is 357 g/mol. The molecule has 1 N–H and O–H groups in total. The van der Waals surface area contributed by atoms with E-state index in [2.05, 4.69) is 21.2 Å². The molecule has 0 fully saturated rings. The maximum absolute atomic E-state index is 13.8. The second-order valence-corrected chi connectivity index (χ2v) is 5.64. The van der Waals surface area contributed by atoms with Crippen molar-refractivity contribution in [1.82, 2.24) is 5.32 Å². The molecule has 20 heavy (non-hydrogen) atoms. The first-order valence-electron chi connectivity index (χ1n) is 6.10. The highest BCUT2D eigenvalue weighted by Gasteiger charge is 2.07. The second kappa shape index (κ2) is 7.07. The summed E-state index contributed by atoms with van der Waals surface area (Å²) in [6, 6.07) is 10.4. The van der Waals surface area contributed by atoms with Crippen molar-refractivity contribution in [3.63, 3.8) is 0 Å². The lowest BCUT2D eigenvalue weighted by Crippen LogP contribution is -2.05. The van der Waals surface area contributed by atoms with Crippen LogP contribution >= 0.6 is 27.5 Å². The number of hydrogen-bond acceptors (Lipinski definition) is 2. The van der Waals surface area contributed by atoms with Crippen molar-refractivity contribution in [1.29, 1.82) is 0 Å². The molecule has 106 valence electrons. The lowest BCUT2D eigenvalue weighted by Gasteiger charge is -2.10. The summed E-state index contributed by atoms with van der Waals surface area (Å²) in [5.41, 5.74) is 1.69. The molecule has 5 heteroatoms. The Bertz CT molecular complexity index is 606. The summed E-state index contributed by atoms with van der Waals surface area (Å²) in [6.45, 7) is 0.851. The maximum Gasteiger partial charge on any atom is 0.165 e. The first-order chi connectivity index (χ1) is 9.60. The summed E-state index contributed by atoms with van der Waals surface area (Å²) in [7, 11) is 1.82. The van der Waals surface area contributed by atoms with Gasteiger partial charge in [0.1, 0.15) is 6.61 Å². The Kier molecular flexibility index (Phi) is 5.40. The zero-order chi connectivity index (χ0) is 14.5. The second-order valence-electron chi connectivity index (χ2n) is 4.32. The lowest BCUT2D eigenvalue weighted by molar-refractivity contribution is 0.290. The van der Waals surface area contributed by atoms with Gasteiger partial charge in [-0.2, -0.15) is 0 Å². The maximum atomic E-state index is 13.8. The highest BCUT2D eigenvalue weighted by Crippen LogP contribution is 2.24. The van der Waals surface area contributed by atoms with Gasteiger partial charge in [0.25, 0.3) is 0 Å². The molecule has 0 heterocycles. The van der Waals surface area contributed by atoms with E-state index >= 15 is 0 Å². The number of benzene rings is 2. The molecule has 0 amide bonds. The fourth-order valence-electron chi connectivity index (χ4n) is 1.77. The molecule has 2 rings (SSSR count). The Labute approximate surface area is 131 Å². The van der Waals surface area contributed by atoms with Crippen molar-refractivity contribution in [3.05, 3.63) is 62.8 Å². The van der Waals surface area contributed by atoms with Crippen LogP contribution < -0.4 is 10.1 Å². The molecular formula is C15H14BrClFNO. The van der Waals surface area contributed by atoms with Crippen LogP contribution in [0.5, 0.6) is 5.75 Å². The van der Waals surface area contributed by atoms with Crippen LogP contribution in [0, 0.1) is 5.82 Å². The van der Waals surface area contributed by atoms with E-state index < -0.39 is 0 Å². The summed E-state index contributed by atoms with van der Waals surface area (Å²) in [6.07, 6.45) is 0. The lowest BCUT2D eigenvalue weighted by atomic mass is 10.2. The van der Waals surface area contributed by atoms with E-state index in [1.807, 2.05) is 25.2 Å². The third-order valence-corrected chi connectivity index (χ3v) is 3.62. The highest BCUT2D eigenvalue weighted by atomic mass is 79.9. The van der Waals surface area contributed by atoms with Crippen molar-refractivity contribution >= 4 is 27.5 Å². The minimum absolute atomic E-state index is 0.226. The predicted molar refractivity (Wildman–Crippen MR) is 82.6 cm³/mol. The number of halogens is 3. The molecule has 2 nitrogen and oxygen atoms in total. The van der Waals surface area contributed by atoms with Crippen molar-refractivity contribution in [3.8, 4) is 5.75 Å². The van der Waals surface area contributed by atoms with Crippen molar-refractivity contribution in [2.75, 3.05) is 7.05 Å². The van der Waals surface area contributed by atoms with Gasteiger partial charge in [0.2, 0.25) is 0 Å². The SMILES string of the molecule is CNCc1ccc(OCc2ccc(Br)cc2Cl)c(F)c1. The van der Waals surface area contributed by atoms with Gasteiger partial charge < -0.3 is 10.1 Å². The van der Waals surface area contributed by atoms with Gasteiger partial charge in [-0.15, -0.1) is 0 Å². The Balaban J connectivity index is 2.07. The molecule has 0 unspecified atom stereocenters. The van der Waals surface area contributed by atoms with E-state index in [-0.39, 0.29) is 18.2 Å². The molecule has 0 aromatic heterocycles. The molecular weight excluding hydrogens is 345 g/mol. The molecule has 2 aromatic rings. The first-order valence-corrected chi connectivity index (χ1v) is 7.27. The van der Waals surface area contributed by atoms with Crippen molar-refractivity contribution in [2.24, 2.45) is 0 Å². The van der Waals surface area contributed by atoms with Gasteiger partial charge in [-0.1, -0.05) is 39.7 Å². The Morgan fingerprint density at radius 3 is 2.70 bits per heavy atom. The van der Waals surface area contributed by atoms with Gasteiger partial charge in [-0.25, -0.2) is 4.39 Å². The first kappa shape index (κ1) is 15.3. The highest BCUT2D eigenvalue weighted by molar-refractivity contribution is 9.10. The third-order valence-electron chi connectivity index (χ3n) is 2.78. The standard InChI is InChI=1S/C15H14BrClFNO/c1-19-8-10-2-5-15(14(18)6-10)20-9-11-3-4-12(16)7-13(11)17/h2-7,19H,8-9H2,1H3. The zero-order valence-electron chi connectivity index (χ0n) is 10.9. The molecule has 0 aliphatic heterocycles. The molecule has 0 radical (unpaired) electrons. The number of rotatable bonds is 5. The summed E-state index contributed by atoms with van der Waals surface area (Å²) in [5, 5.41) is 3.56. The van der Waals surface area contributed by atoms with Gasteiger partial charge in [0.05, 0.1) is 0 Å². The fraction of sp³-hybridized carbons (Fsp3) is 0.200. The van der Waals surface area contributed by atoms with Gasteiger partial charge in [-0.3, -0.25) is 0 Å². The van der Waals surface area contributed by atoms with E-state index in [4.69, 9.17) is 16.3 Å². The fourth-order valence-corrected chi connectivity index (χ4v) is 2.50. The van der Waals surface area contributed by atoms with E-state index in [1.165, 1.54) is 6.07 Å². The zero-order valence-corrected chi connectivity index (χ0v) is 13.3. The molecule has 0 bridgehead atoms. The van der Waals surface area contributed by atoms with Crippen LogP contribution in [0.2, 0.25) is 5.02 Å². The van der Waals surface area contributed by atoms with Crippen LogP contribution in [0.4, 0.5) is 4.39 Å². The van der Waals surface area contributed by atoms with Crippen LogP contribution in [0.3, 0.4) is 0 Å². The number of ether oxygens (including phenoxy) is 1. The van der Waals surface area contributed by atoms with Crippen LogP contribution in [-0.2, 0) is 13.2 Å². The molecule has 0 spiro atoms. The molecule has 0 saturated carbocycles. The number of nitrogens with one attached hydrogen (secondary N) is 1. The van der Waals surface area contributed by atoms with Crippen LogP contribution in [0.15, 0.2) is 40.9 Å². The normalized spacial score (nSPS) is 10.6. The Morgan fingerprint density at radius 1 is 1.25 bits per heavy atom. The van der Waals surface area contributed by atoms with Crippen LogP contribution in [-0.4, -0.2) is 7.05 Å². The van der Waals surface area contributed by atoms with E-state index in [0.29, 0.717) is 11.6 Å². The van der Waals surface area contributed by atoms with Crippen LogP contribution in [0.1, 0.15) is 11.1 Å². The predicted octanol–water partition coefficient (Wildman–Crippen LogP) is 4.54. The van der Waals surface area contributed by atoms with Crippen LogP contribution in [0.25, 0.3) is 0 Å². The largest absolute Gasteiger partial charge is 0.486 e. The molecule has 0 aliphatic rings. The Hall–Kier alpha value is -1.10. The average molecular weight is 359 g/mol. The number of hydrogen-bond donors (Lipinski definition) is 1. The van der Waals surface area contributed by atoms with Gasteiger partial charge >= 0.3 is 0 Å². The van der Waals surface area contributed by atoms with Gasteiger partial charge in [-0.05, 0) is 36.9 Å². The summed E-state index contributed by atoms with van der Waals surface area (Å²) in [4.78, 5) is 0. The van der Waals surface area contributed by atoms with Crippen molar-refractivity contribution < 1.29 is 9.13 Å². The molecule has 0 saturated heterocycles. The third kappa shape index (κ3) is 3.95. The average Bonchev–Trinajstić information content (AvgIpc) is 2.40. The van der Waals surface area contributed by atoms with E-state index in [1.54, 1.807) is 12.1 Å². The minimum atomic E-state index is -0.369. The summed E-state index contributed by atoms with van der Waals surface area (Å²) < 4.78 is 20.2. The molecule has 0 atom stereocenters. The Morgan fingerprint density at radius 2 is 2.05 bits per heavy atom. The van der Waals surface area contributed by atoms with Crippen molar-refractivity contribution in [2.45, 2.75) is 13.2 Å².